The zero-order valence-electron chi connectivity index (χ0n) is 7.51. The molecule has 0 fully saturated rings. The molecule has 13 heavy (non-hydrogen) atoms. The van der Waals surface area contributed by atoms with Crippen molar-refractivity contribution in [2.24, 2.45) is 0 Å². The first-order valence-corrected chi connectivity index (χ1v) is 5.35. The number of carbonyl (C=O) groups excluding carboxylic acids is 1. The summed E-state index contributed by atoms with van der Waals surface area (Å²) in [7, 11) is 0. The van der Waals surface area contributed by atoms with E-state index in [2.05, 4.69) is 27.9 Å². The van der Waals surface area contributed by atoms with Gasteiger partial charge >= 0.3 is 0 Å². The number of carbonyl (C=O) groups is 1. The van der Waals surface area contributed by atoms with E-state index in [1.807, 2.05) is 31.2 Å². The average molecular weight is 289 g/mol. The third-order valence-electron chi connectivity index (χ3n) is 1.61. The van der Waals surface area contributed by atoms with Gasteiger partial charge in [-0.3, -0.25) is 4.79 Å². The summed E-state index contributed by atoms with van der Waals surface area (Å²) < 4.78 is 1.17. The lowest BCUT2D eigenvalue weighted by molar-refractivity contribution is -0.116. The standard InChI is InChI=1S/C10H12INO/c1-2-3-10(13)12-9-6-4-8(11)5-7-9/h4-7H,2-3H2,1H3,(H,12,13). The van der Waals surface area contributed by atoms with Crippen LogP contribution in [0.5, 0.6) is 0 Å². The molecule has 1 N–H and O–H groups in total. The first-order valence-electron chi connectivity index (χ1n) is 4.28. The highest BCUT2D eigenvalue weighted by Crippen LogP contribution is 2.11. The van der Waals surface area contributed by atoms with E-state index in [0.29, 0.717) is 6.42 Å². The number of rotatable bonds is 3. The largest absolute Gasteiger partial charge is 0.326 e. The van der Waals surface area contributed by atoms with Crippen molar-refractivity contribution in [2.75, 3.05) is 5.32 Å². The van der Waals surface area contributed by atoms with Crippen LogP contribution in [0.4, 0.5) is 5.69 Å². The number of nitrogens with one attached hydrogen (secondary N) is 1. The molecule has 0 saturated carbocycles. The minimum atomic E-state index is 0.0868. The average Bonchev–Trinajstić information content (AvgIpc) is 2.09. The van der Waals surface area contributed by atoms with E-state index >= 15 is 0 Å². The van der Waals surface area contributed by atoms with E-state index in [1.54, 1.807) is 0 Å². The minimum absolute atomic E-state index is 0.0868. The Balaban J connectivity index is 2.54. The summed E-state index contributed by atoms with van der Waals surface area (Å²) in [5.74, 6) is 0.0868. The van der Waals surface area contributed by atoms with Crippen molar-refractivity contribution in [1.29, 1.82) is 0 Å². The molecule has 0 spiro atoms. The van der Waals surface area contributed by atoms with Gasteiger partial charge in [0.15, 0.2) is 0 Å². The Bertz CT molecular complexity index is 281. The van der Waals surface area contributed by atoms with Gasteiger partial charge in [0.2, 0.25) is 5.91 Å². The third kappa shape index (κ3) is 3.76. The Morgan fingerprint density at radius 2 is 2.00 bits per heavy atom. The molecule has 0 aromatic heterocycles. The van der Waals surface area contributed by atoms with Crippen LogP contribution in [0, 0.1) is 3.57 Å². The highest BCUT2D eigenvalue weighted by atomic mass is 127. The summed E-state index contributed by atoms with van der Waals surface area (Å²) in [4.78, 5) is 11.2. The van der Waals surface area contributed by atoms with E-state index in [4.69, 9.17) is 0 Å². The predicted octanol–water partition coefficient (Wildman–Crippen LogP) is 3.03. The molecule has 0 aliphatic carbocycles. The number of halogens is 1. The summed E-state index contributed by atoms with van der Waals surface area (Å²) in [6, 6.07) is 7.77. The minimum Gasteiger partial charge on any atom is -0.326 e. The van der Waals surface area contributed by atoms with Crippen LogP contribution in [0.3, 0.4) is 0 Å². The van der Waals surface area contributed by atoms with Crippen LogP contribution >= 0.6 is 22.6 Å². The number of anilines is 1. The smallest absolute Gasteiger partial charge is 0.224 e. The number of hydrogen-bond donors (Lipinski definition) is 1. The Morgan fingerprint density at radius 1 is 1.38 bits per heavy atom. The molecule has 0 aliphatic heterocycles. The highest BCUT2D eigenvalue weighted by molar-refractivity contribution is 14.1. The maximum Gasteiger partial charge on any atom is 0.224 e. The molecule has 2 nitrogen and oxygen atoms in total. The van der Waals surface area contributed by atoms with Gasteiger partial charge in [0.25, 0.3) is 0 Å². The van der Waals surface area contributed by atoms with Crippen molar-refractivity contribution in [3.8, 4) is 0 Å². The number of benzene rings is 1. The van der Waals surface area contributed by atoms with E-state index in [0.717, 1.165) is 12.1 Å². The summed E-state index contributed by atoms with van der Waals surface area (Å²) >= 11 is 2.23. The second-order valence-electron chi connectivity index (χ2n) is 2.81. The lowest BCUT2D eigenvalue weighted by Gasteiger charge is -2.03. The molecule has 0 radical (unpaired) electrons. The molecular formula is C10H12INO. The lowest BCUT2D eigenvalue weighted by Crippen LogP contribution is -2.10. The summed E-state index contributed by atoms with van der Waals surface area (Å²) in [5, 5.41) is 2.83. The van der Waals surface area contributed by atoms with E-state index in [-0.39, 0.29) is 5.91 Å². The van der Waals surface area contributed by atoms with Crippen LogP contribution in [-0.2, 0) is 4.79 Å². The summed E-state index contributed by atoms with van der Waals surface area (Å²) in [5.41, 5.74) is 0.874. The van der Waals surface area contributed by atoms with Crippen molar-refractivity contribution in [2.45, 2.75) is 19.8 Å². The number of hydrogen-bond acceptors (Lipinski definition) is 1. The maximum absolute atomic E-state index is 11.2. The van der Waals surface area contributed by atoms with Gasteiger partial charge in [-0.15, -0.1) is 0 Å². The van der Waals surface area contributed by atoms with Gasteiger partial charge in [-0.05, 0) is 53.3 Å². The monoisotopic (exact) mass is 289 g/mol. The molecule has 0 unspecified atom stereocenters. The summed E-state index contributed by atoms with van der Waals surface area (Å²) in [6.07, 6.45) is 1.47. The Hall–Kier alpha value is -0.580. The first kappa shape index (κ1) is 10.5. The molecule has 70 valence electrons. The summed E-state index contributed by atoms with van der Waals surface area (Å²) in [6.45, 7) is 1.99. The van der Waals surface area contributed by atoms with Crippen LogP contribution in [0.25, 0.3) is 0 Å². The quantitative estimate of drug-likeness (QED) is 0.851. The van der Waals surface area contributed by atoms with Crippen LogP contribution in [0.2, 0.25) is 0 Å². The Kier molecular flexibility index (Phi) is 4.21. The third-order valence-corrected chi connectivity index (χ3v) is 2.32. The second-order valence-corrected chi connectivity index (χ2v) is 4.05. The van der Waals surface area contributed by atoms with Gasteiger partial charge < -0.3 is 5.32 Å². The van der Waals surface area contributed by atoms with Crippen LogP contribution in [-0.4, -0.2) is 5.91 Å². The molecule has 0 bridgehead atoms. The van der Waals surface area contributed by atoms with Crippen molar-refractivity contribution < 1.29 is 4.79 Å². The van der Waals surface area contributed by atoms with Gasteiger partial charge in [0.05, 0.1) is 0 Å². The van der Waals surface area contributed by atoms with Crippen molar-refractivity contribution in [3.05, 3.63) is 27.8 Å². The molecule has 1 aromatic carbocycles. The fourth-order valence-electron chi connectivity index (χ4n) is 0.984. The van der Waals surface area contributed by atoms with Gasteiger partial charge in [-0.2, -0.15) is 0 Å². The maximum atomic E-state index is 11.2. The van der Waals surface area contributed by atoms with E-state index in [1.165, 1.54) is 3.57 Å². The molecule has 3 heteroatoms. The van der Waals surface area contributed by atoms with Crippen molar-refractivity contribution >= 4 is 34.2 Å². The SMILES string of the molecule is CCCC(=O)Nc1ccc(I)cc1. The van der Waals surface area contributed by atoms with Gasteiger partial charge in [-0.25, -0.2) is 0 Å². The number of amides is 1. The van der Waals surface area contributed by atoms with Gasteiger partial charge in [0.1, 0.15) is 0 Å². The van der Waals surface area contributed by atoms with Crippen LogP contribution < -0.4 is 5.32 Å². The molecule has 1 rings (SSSR count). The molecule has 0 heterocycles. The van der Waals surface area contributed by atoms with E-state index < -0.39 is 0 Å². The molecule has 0 saturated heterocycles. The first-order chi connectivity index (χ1) is 6.22. The molecule has 1 amide bonds. The normalized spacial score (nSPS) is 9.69. The van der Waals surface area contributed by atoms with Gasteiger partial charge in [-0.1, -0.05) is 6.92 Å². The molecule has 1 aromatic rings. The molecular weight excluding hydrogens is 277 g/mol. The Morgan fingerprint density at radius 3 is 2.54 bits per heavy atom. The predicted molar refractivity (Wildman–Crippen MR) is 62.7 cm³/mol. The Labute approximate surface area is 91.9 Å². The zero-order valence-corrected chi connectivity index (χ0v) is 9.67. The molecule has 0 aliphatic rings. The lowest BCUT2D eigenvalue weighted by atomic mass is 10.3. The molecule has 0 atom stereocenters. The van der Waals surface area contributed by atoms with Crippen LogP contribution in [0.1, 0.15) is 19.8 Å². The fourth-order valence-corrected chi connectivity index (χ4v) is 1.34. The fraction of sp³-hybridized carbons (Fsp3) is 0.300. The van der Waals surface area contributed by atoms with E-state index in [9.17, 15) is 4.79 Å². The second kappa shape index (κ2) is 5.21. The highest BCUT2D eigenvalue weighted by Gasteiger charge is 1.99. The zero-order chi connectivity index (χ0) is 9.68. The van der Waals surface area contributed by atoms with Gasteiger partial charge in [0, 0.05) is 15.7 Å². The topological polar surface area (TPSA) is 29.1 Å². The van der Waals surface area contributed by atoms with Crippen molar-refractivity contribution in [1.82, 2.24) is 0 Å². The van der Waals surface area contributed by atoms with Crippen molar-refractivity contribution in [3.63, 3.8) is 0 Å². The van der Waals surface area contributed by atoms with Crippen LogP contribution in [0.15, 0.2) is 24.3 Å².